The zero-order valence-electron chi connectivity index (χ0n) is 20.6. The quantitative estimate of drug-likeness (QED) is 0.329. The molecule has 0 N–H and O–H groups in total. The number of ether oxygens (including phenoxy) is 2. The fraction of sp³-hybridized carbons (Fsp3) is 0.241. The smallest absolute Gasteiger partial charge is 0.290 e. The Balaban J connectivity index is 1.61. The Hall–Kier alpha value is -3.77. The molecule has 36 heavy (non-hydrogen) atoms. The SMILES string of the molecule is COc1ccc(CCN2C(=O)c3oc4c(C)cc(C)cc4c(=O)c3[C@H]2c2ccc(Cl)cc2)cc1OC. The van der Waals surface area contributed by atoms with Crippen molar-refractivity contribution in [2.24, 2.45) is 0 Å². The number of halogens is 1. The van der Waals surface area contributed by atoms with Gasteiger partial charge >= 0.3 is 0 Å². The largest absolute Gasteiger partial charge is 0.493 e. The minimum Gasteiger partial charge on any atom is -0.493 e. The van der Waals surface area contributed by atoms with Crippen molar-refractivity contribution >= 4 is 28.5 Å². The normalized spacial score (nSPS) is 14.9. The molecule has 0 radical (unpaired) electrons. The van der Waals surface area contributed by atoms with Gasteiger partial charge in [0.1, 0.15) is 5.58 Å². The van der Waals surface area contributed by atoms with Crippen molar-refractivity contribution in [2.75, 3.05) is 20.8 Å². The standard InChI is InChI=1S/C29H26ClNO5/c1-16-13-17(2)27-21(14-16)26(32)24-25(19-6-8-20(30)9-7-19)31(29(33)28(24)36-27)12-11-18-5-10-22(34-3)23(15-18)35-4/h5-10,13-15,25H,11-12H2,1-4H3/t25-/m1/s1. The van der Waals surface area contributed by atoms with E-state index in [1.54, 1.807) is 31.3 Å². The van der Waals surface area contributed by atoms with Gasteiger partial charge in [0.05, 0.1) is 31.2 Å². The number of rotatable bonds is 6. The van der Waals surface area contributed by atoms with Crippen molar-refractivity contribution in [3.05, 3.63) is 103 Å². The fourth-order valence-electron chi connectivity index (χ4n) is 4.98. The Bertz CT molecular complexity index is 1540. The molecule has 4 aromatic rings. The van der Waals surface area contributed by atoms with E-state index in [0.717, 1.165) is 22.3 Å². The van der Waals surface area contributed by atoms with Crippen LogP contribution in [-0.2, 0) is 6.42 Å². The van der Waals surface area contributed by atoms with Crippen LogP contribution in [0.15, 0.2) is 63.8 Å². The summed E-state index contributed by atoms with van der Waals surface area (Å²) in [6.45, 7) is 4.20. The maximum absolute atomic E-state index is 13.8. The van der Waals surface area contributed by atoms with Gasteiger partial charge in [-0.1, -0.05) is 35.9 Å². The van der Waals surface area contributed by atoms with Gasteiger partial charge in [-0.2, -0.15) is 0 Å². The predicted molar refractivity (Wildman–Crippen MR) is 140 cm³/mol. The van der Waals surface area contributed by atoms with Gasteiger partial charge in [-0.25, -0.2) is 0 Å². The van der Waals surface area contributed by atoms with Gasteiger partial charge in [-0.15, -0.1) is 0 Å². The second-order valence-corrected chi connectivity index (χ2v) is 9.46. The molecular formula is C29H26ClNO5. The summed E-state index contributed by atoms with van der Waals surface area (Å²) in [6, 6.07) is 16.1. The summed E-state index contributed by atoms with van der Waals surface area (Å²) in [5.74, 6) is 1.06. The number of nitrogens with zero attached hydrogens (tertiary/aromatic N) is 1. The van der Waals surface area contributed by atoms with Gasteiger partial charge in [0.25, 0.3) is 5.91 Å². The van der Waals surface area contributed by atoms with E-state index >= 15 is 0 Å². The first-order chi connectivity index (χ1) is 17.3. The Kier molecular flexibility index (Phi) is 6.22. The van der Waals surface area contributed by atoms with Crippen LogP contribution < -0.4 is 14.9 Å². The van der Waals surface area contributed by atoms with Gasteiger partial charge in [-0.05, 0) is 72.9 Å². The molecule has 7 heteroatoms. The number of fused-ring (bicyclic) bond motifs is 2. The summed E-state index contributed by atoms with van der Waals surface area (Å²) in [5.41, 5.74) is 4.20. The average Bonchev–Trinajstić information content (AvgIpc) is 3.15. The summed E-state index contributed by atoms with van der Waals surface area (Å²) in [5, 5.41) is 1.07. The maximum Gasteiger partial charge on any atom is 0.290 e. The van der Waals surface area contributed by atoms with Crippen LogP contribution in [-0.4, -0.2) is 31.6 Å². The van der Waals surface area contributed by atoms with Crippen LogP contribution in [0, 0.1) is 13.8 Å². The summed E-state index contributed by atoms with van der Waals surface area (Å²) in [6.07, 6.45) is 0.552. The average molecular weight is 504 g/mol. The molecule has 1 aromatic heterocycles. The van der Waals surface area contributed by atoms with Crippen LogP contribution in [0.1, 0.15) is 44.4 Å². The zero-order chi connectivity index (χ0) is 25.6. The topological polar surface area (TPSA) is 69.0 Å². The van der Waals surface area contributed by atoms with Crippen LogP contribution in [0.25, 0.3) is 11.0 Å². The lowest BCUT2D eigenvalue weighted by Gasteiger charge is -2.25. The molecule has 5 rings (SSSR count). The second kappa shape index (κ2) is 9.36. The molecule has 1 atom stereocenters. The van der Waals surface area contributed by atoms with E-state index < -0.39 is 6.04 Å². The number of amides is 1. The highest BCUT2D eigenvalue weighted by Gasteiger charge is 2.42. The highest BCUT2D eigenvalue weighted by molar-refractivity contribution is 6.30. The molecule has 1 aliphatic rings. The second-order valence-electron chi connectivity index (χ2n) is 9.02. The third kappa shape index (κ3) is 4.01. The Labute approximate surface area is 214 Å². The van der Waals surface area contributed by atoms with Crippen molar-refractivity contribution in [3.8, 4) is 11.5 Å². The molecule has 0 saturated heterocycles. The van der Waals surface area contributed by atoms with E-state index in [2.05, 4.69) is 0 Å². The number of aryl methyl sites for hydroxylation is 2. The molecular weight excluding hydrogens is 478 g/mol. The van der Waals surface area contributed by atoms with Gasteiger partial charge in [0.2, 0.25) is 5.76 Å². The summed E-state index contributed by atoms with van der Waals surface area (Å²) in [7, 11) is 3.18. The number of methoxy groups -OCH3 is 2. The molecule has 0 saturated carbocycles. The molecule has 0 aliphatic carbocycles. The molecule has 0 unspecified atom stereocenters. The molecule has 2 heterocycles. The molecule has 0 spiro atoms. The minimum absolute atomic E-state index is 0.103. The van der Waals surface area contributed by atoms with Crippen molar-refractivity contribution in [1.29, 1.82) is 0 Å². The molecule has 6 nitrogen and oxygen atoms in total. The van der Waals surface area contributed by atoms with E-state index in [-0.39, 0.29) is 17.1 Å². The maximum atomic E-state index is 13.8. The number of hydrogen-bond donors (Lipinski definition) is 0. The third-order valence-corrected chi connectivity index (χ3v) is 6.92. The van der Waals surface area contributed by atoms with Crippen molar-refractivity contribution in [3.63, 3.8) is 0 Å². The summed E-state index contributed by atoms with van der Waals surface area (Å²) < 4.78 is 16.9. The first-order valence-electron chi connectivity index (χ1n) is 11.7. The lowest BCUT2D eigenvalue weighted by atomic mass is 9.97. The minimum atomic E-state index is -0.577. The van der Waals surface area contributed by atoms with Crippen LogP contribution in [0.2, 0.25) is 5.02 Å². The Morgan fingerprint density at radius 3 is 2.36 bits per heavy atom. The van der Waals surface area contributed by atoms with Gasteiger partial charge < -0.3 is 18.8 Å². The van der Waals surface area contributed by atoms with E-state index in [4.69, 9.17) is 25.5 Å². The summed E-state index contributed by atoms with van der Waals surface area (Å²) >= 11 is 6.14. The number of hydrogen-bond acceptors (Lipinski definition) is 5. The first-order valence-corrected chi connectivity index (χ1v) is 12.1. The molecule has 184 valence electrons. The van der Waals surface area contributed by atoms with Gasteiger partial charge in [0.15, 0.2) is 16.9 Å². The highest BCUT2D eigenvalue weighted by atomic mass is 35.5. The Morgan fingerprint density at radius 1 is 0.944 bits per heavy atom. The van der Waals surface area contributed by atoms with Crippen molar-refractivity contribution < 1.29 is 18.7 Å². The van der Waals surface area contributed by atoms with Crippen LogP contribution in [0.3, 0.4) is 0 Å². The molecule has 1 amide bonds. The van der Waals surface area contributed by atoms with Gasteiger partial charge in [-0.3, -0.25) is 9.59 Å². The van der Waals surface area contributed by atoms with Crippen molar-refractivity contribution in [2.45, 2.75) is 26.3 Å². The van der Waals surface area contributed by atoms with Crippen LogP contribution in [0.4, 0.5) is 0 Å². The van der Waals surface area contributed by atoms with Gasteiger partial charge in [0, 0.05) is 11.6 Å². The molecule has 0 fully saturated rings. The third-order valence-electron chi connectivity index (χ3n) is 6.67. The number of carbonyl (C=O) groups is 1. The van der Waals surface area contributed by atoms with Crippen LogP contribution >= 0.6 is 11.6 Å². The van der Waals surface area contributed by atoms with Crippen molar-refractivity contribution in [1.82, 2.24) is 4.90 Å². The summed E-state index contributed by atoms with van der Waals surface area (Å²) in [4.78, 5) is 29.2. The lowest BCUT2D eigenvalue weighted by molar-refractivity contribution is 0.0730. The van der Waals surface area contributed by atoms with Crippen LogP contribution in [0.5, 0.6) is 11.5 Å². The van der Waals surface area contributed by atoms with E-state index in [0.29, 0.717) is 46.0 Å². The zero-order valence-corrected chi connectivity index (χ0v) is 21.3. The fourth-order valence-corrected chi connectivity index (χ4v) is 5.11. The van der Waals surface area contributed by atoms with E-state index in [9.17, 15) is 9.59 Å². The first kappa shape index (κ1) is 23.9. The number of carbonyl (C=O) groups excluding carboxylic acids is 1. The highest BCUT2D eigenvalue weighted by Crippen LogP contribution is 2.39. The predicted octanol–water partition coefficient (Wildman–Crippen LogP) is 5.87. The van der Waals surface area contributed by atoms with E-state index in [1.165, 1.54) is 0 Å². The molecule has 1 aliphatic heterocycles. The lowest BCUT2D eigenvalue weighted by Crippen LogP contribution is -2.31. The number of benzene rings is 3. The van der Waals surface area contributed by atoms with E-state index in [1.807, 2.05) is 56.3 Å². The Morgan fingerprint density at radius 2 is 1.67 bits per heavy atom. The molecule has 0 bridgehead atoms. The molecule has 3 aromatic carbocycles. The monoisotopic (exact) mass is 503 g/mol.